The number of hydrogen-bond donors (Lipinski definition) is 1. The average Bonchev–Trinajstić information content (AvgIpc) is 2.62. The van der Waals surface area contributed by atoms with E-state index in [-0.39, 0.29) is 0 Å². The van der Waals surface area contributed by atoms with Gasteiger partial charge in [-0.2, -0.15) is 0 Å². The van der Waals surface area contributed by atoms with Crippen molar-refractivity contribution in [3.05, 3.63) is 28.2 Å². The highest BCUT2D eigenvalue weighted by Gasteiger charge is 2.16. The van der Waals surface area contributed by atoms with Crippen LogP contribution in [-0.2, 0) is 0 Å². The van der Waals surface area contributed by atoms with E-state index in [1.807, 2.05) is 12.1 Å². The molecule has 0 radical (unpaired) electrons. The molecule has 2 nitrogen and oxygen atoms in total. The smallest absolute Gasteiger partial charge is 0.122 e. The number of rotatable bonds is 2. The van der Waals surface area contributed by atoms with Gasteiger partial charge in [0.25, 0.3) is 0 Å². The summed E-state index contributed by atoms with van der Waals surface area (Å²) in [4.78, 5) is 0. The minimum atomic E-state index is 0.342. The van der Waals surface area contributed by atoms with Gasteiger partial charge >= 0.3 is 0 Å². The van der Waals surface area contributed by atoms with Gasteiger partial charge < -0.3 is 10.1 Å². The van der Waals surface area contributed by atoms with Gasteiger partial charge in [0.2, 0.25) is 0 Å². The Bertz CT molecular complexity index is 321. The van der Waals surface area contributed by atoms with E-state index in [1.165, 1.54) is 5.56 Å². The Hall–Kier alpha value is -0.540. The predicted molar refractivity (Wildman–Crippen MR) is 60.8 cm³/mol. The zero-order valence-corrected chi connectivity index (χ0v) is 9.80. The van der Waals surface area contributed by atoms with Gasteiger partial charge in [-0.05, 0) is 43.7 Å². The zero-order chi connectivity index (χ0) is 9.97. The molecule has 1 aromatic rings. The van der Waals surface area contributed by atoms with Crippen LogP contribution >= 0.6 is 15.9 Å². The molecule has 1 heterocycles. The normalized spacial score (nSPS) is 21.1. The molecular weight excluding hydrogens is 242 g/mol. The highest BCUT2D eigenvalue weighted by molar-refractivity contribution is 9.10. The quantitative estimate of drug-likeness (QED) is 0.877. The molecule has 2 rings (SSSR count). The van der Waals surface area contributed by atoms with Crippen LogP contribution < -0.4 is 10.1 Å². The molecular formula is C11H14BrNO. The maximum absolute atomic E-state index is 5.88. The SMILES string of the molecule is Cc1cc(Br)ccc1OC1CCNC1. The average molecular weight is 256 g/mol. The molecule has 0 bridgehead atoms. The van der Waals surface area contributed by atoms with Crippen LogP contribution in [0.1, 0.15) is 12.0 Å². The second-order valence-corrected chi connectivity index (χ2v) is 4.56. The molecule has 0 saturated carbocycles. The Balaban J connectivity index is 2.08. The Morgan fingerprint density at radius 2 is 2.36 bits per heavy atom. The summed E-state index contributed by atoms with van der Waals surface area (Å²) in [6.45, 7) is 4.11. The predicted octanol–water partition coefficient (Wildman–Crippen LogP) is 2.50. The number of nitrogens with one attached hydrogen (secondary N) is 1. The molecule has 14 heavy (non-hydrogen) atoms. The molecule has 1 N–H and O–H groups in total. The van der Waals surface area contributed by atoms with Gasteiger partial charge in [0, 0.05) is 11.0 Å². The van der Waals surface area contributed by atoms with Crippen LogP contribution in [0.3, 0.4) is 0 Å². The largest absolute Gasteiger partial charge is 0.489 e. The fourth-order valence-corrected chi connectivity index (χ4v) is 2.13. The van der Waals surface area contributed by atoms with Gasteiger partial charge in [-0.25, -0.2) is 0 Å². The van der Waals surface area contributed by atoms with Crippen LogP contribution in [-0.4, -0.2) is 19.2 Å². The molecule has 0 aliphatic carbocycles. The van der Waals surface area contributed by atoms with Crippen LogP contribution in [0.25, 0.3) is 0 Å². The fourth-order valence-electron chi connectivity index (χ4n) is 1.65. The number of aryl methyl sites for hydroxylation is 1. The van der Waals surface area contributed by atoms with Crippen LogP contribution in [0.2, 0.25) is 0 Å². The van der Waals surface area contributed by atoms with Crippen molar-refractivity contribution in [1.29, 1.82) is 0 Å². The van der Waals surface area contributed by atoms with Gasteiger partial charge in [-0.3, -0.25) is 0 Å². The van der Waals surface area contributed by atoms with Gasteiger partial charge in [0.1, 0.15) is 11.9 Å². The summed E-state index contributed by atoms with van der Waals surface area (Å²) in [5.74, 6) is 1.00. The van der Waals surface area contributed by atoms with Crippen molar-refractivity contribution in [2.45, 2.75) is 19.4 Å². The van der Waals surface area contributed by atoms with Gasteiger partial charge in [-0.15, -0.1) is 0 Å². The summed E-state index contributed by atoms with van der Waals surface area (Å²) in [6, 6.07) is 6.13. The first-order valence-corrected chi connectivity index (χ1v) is 5.68. The van der Waals surface area contributed by atoms with Crippen LogP contribution in [0.15, 0.2) is 22.7 Å². The third-order valence-electron chi connectivity index (χ3n) is 2.45. The Morgan fingerprint density at radius 3 is 3.00 bits per heavy atom. The molecule has 3 heteroatoms. The summed E-state index contributed by atoms with van der Waals surface area (Å²) in [5.41, 5.74) is 1.19. The number of ether oxygens (including phenoxy) is 1. The van der Waals surface area contributed by atoms with Gasteiger partial charge in [-0.1, -0.05) is 15.9 Å². The minimum absolute atomic E-state index is 0.342. The molecule has 1 atom stereocenters. The van der Waals surface area contributed by atoms with E-state index >= 15 is 0 Å². The van der Waals surface area contributed by atoms with E-state index in [2.05, 4.69) is 34.2 Å². The molecule has 1 aliphatic rings. The third-order valence-corrected chi connectivity index (χ3v) is 2.94. The Labute approximate surface area is 92.8 Å². The Kier molecular flexibility index (Phi) is 3.08. The molecule has 0 aromatic heterocycles. The molecule has 1 unspecified atom stereocenters. The summed E-state index contributed by atoms with van der Waals surface area (Å²) >= 11 is 3.44. The molecule has 76 valence electrons. The highest BCUT2D eigenvalue weighted by Crippen LogP contribution is 2.24. The third kappa shape index (κ3) is 2.28. The summed E-state index contributed by atoms with van der Waals surface area (Å²) in [6.07, 6.45) is 1.45. The van der Waals surface area contributed by atoms with Crippen molar-refractivity contribution < 1.29 is 4.74 Å². The van der Waals surface area contributed by atoms with Crippen molar-refractivity contribution >= 4 is 15.9 Å². The number of benzene rings is 1. The summed E-state index contributed by atoms with van der Waals surface area (Å²) in [7, 11) is 0. The lowest BCUT2D eigenvalue weighted by Gasteiger charge is -2.14. The van der Waals surface area contributed by atoms with E-state index in [4.69, 9.17) is 4.74 Å². The molecule has 0 amide bonds. The first-order valence-electron chi connectivity index (χ1n) is 4.89. The van der Waals surface area contributed by atoms with Crippen molar-refractivity contribution in [3.63, 3.8) is 0 Å². The number of halogens is 1. The Morgan fingerprint density at radius 1 is 1.50 bits per heavy atom. The van der Waals surface area contributed by atoms with E-state index in [1.54, 1.807) is 0 Å². The molecule has 1 fully saturated rings. The first kappa shape index (κ1) is 9.99. The van der Waals surface area contributed by atoms with Crippen LogP contribution in [0.5, 0.6) is 5.75 Å². The number of hydrogen-bond acceptors (Lipinski definition) is 2. The molecule has 1 aromatic carbocycles. The topological polar surface area (TPSA) is 21.3 Å². The lowest BCUT2D eigenvalue weighted by Crippen LogP contribution is -2.19. The van der Waals surface area contributed by atoms with E-state index < -0.39 is 0 Å². The molecule has 1 saturated heterocycles. The van der Waals surface area contributed by atoms with Crippen LogP contribution in [0.4, 0.5) is 0 Å². The van der Waals surface area contributed by atoms with Crippen molar-refractivity contribution in [1.82, 2.24) is 5.32 Å². The minimum Gasteiger partial charge on any atom is -0.489 e. The lowest BCUT2D eigenvalue weighted by molar-refractivity contribution is 0.221. The molecule has 1 aliphatic heterocycles. The lowest BCUT2D eigenvalue weighted by atomic mass is 10.2. The van der Waals surface area contributed by atoms with E-state index in [9.17, 15) is 0 Å². The van der Waals surface area contributed by atoms with Gasteiger partial charge in [0.05, 0.1) is 0 Å². The molecule has 0 spiro atoms. The van der Waals surface area contributed by atoms with Crippen molar-refractivity contribution in [2.24, 2.45) is 0 Å². The van der Waals surface area contributed by atoms with Crippen LogP contribution in [0, 0.1) is 6.92 Å². The summed E-state index contributed by atoms with van der Waals surface area (Å²) in [5, 5.41) is 3.29. The maximum atomic E-state index is 5.88. The van der Waals surface area contributed by atoms with Gasteiger partial charge in [0.15, 0.2) is 0 Å². The van der Waals surface area contributed by atoms with Crippen molar-refractivity contribution in [2.75, 3.05) is 13.1 Å². The van der Waals surface area contributed by atoms with E-state index in [0.717, 1.165) is 29.7 Å². The second kappa shape index (κ2) is 4.32. The van der Waals surface area contributed by atoms with Crippen molar-refractivity contribution in [3.8, 4) is 5.75 Å². The fraction of sp³-hybridized carbons (Fsp3) is 0.455. The second-order valence-electron chi connectivity index (χ2n) is 3.64. The zero-order valence-electron chi connectivity index (χ0n) is 8.22. The summed E-state index contributed by atoms with van der Waals surface area (Å²) < 4.78 is 6.98. The highest BCUT2D eigenvalue weighted by atomic mass is 79.9. The standard InChI is InChI=1S/C11H14BrNO/c1-8-6-9(12)2-3-11(8)14-10-4-5-13-7-10/h2-3,6,10,13H,4-5,7H2,1H3. The monoisotopic (exact) mass is 255 g/mol. The maximum Gasteiger partial charge on any atom is 0.122 e. The van der Waals surface area contributed by atoms with E-state index in [0.29, 0.717) is 6.10 Å². The first-order chi connectivity index (χ1) is 6.75.